The smallest absolute Gasteiger partial charge is 0.274 e. The molecule has 0 aliphatic rings. The molecular formula is C9H6ClN3O. The van der Waals surface area contributed by atoms with E-state index < -0.39 is 5.24 Å². The molecule has 0 N–H and O–H groups in total. The minimum absolute atomic E-state index is 0.149. The van der Waals surface area contributed by atoms with Crippen molar-refractivity contribution in [3.05, 3.63) is 42.2 Å². The Bertz CT molecular complexity index is 452. The van der Waals surface area contributed by atoms with Crippen LogP contribution in [0, 0.1) is 0 Å². The maximum Gasteiger partial charge on any atom is 0.274 e. The van der Waals surface area contributed by atoms with E-state index in [9.17, 15) is 4.79 Å². The zero-order valence-corrected chi connectivity index (χ0v) is 7.85. The van der Waals surface area contributed by atoms with Crippen LogP contribution in [0.2, 0.25) is 0 Å². The topological polar surface area (TPSA) is 47.8 Å². The van der Waals surface area contributed by atoms with E-state index in [1.165, 1.54) is 10.9 Å². The number of nitrogens with zero attached hydrogens (tertiary/aromatic N) is 3. The second-order valence-electron chi connectivity index (χ2n) is 2.66. The molecule has 1 aromatic carbocycles. The largest absolute Gasteiger partial charge is 0.274 e. The van der Waals surface area contributed by atoms with Crippen LogP contribution in [-0.2, 0) is 0 Å². The molecule has 2 aromatic rings. The van der Waals surface area contributed by atoms with Gasteiger partial charge in [0.2, 0.25) is 0 Å². The summed E-state index contributed by atoms with van der Waals surface area (Å²) in [5.41, 5.74) is 0.986. The molecule has 0 atom stereocenters. The van der Waals surface area contributed by atoms with Gasteiger partial charge in [-0.2, -0.15) is 0 Å². The van der Waals surface area contributed by atoms with Crippen molar-refractivity contribution in [1.29, 1.82) is 0 Å². The third kappa shape index (κ3) is 1.65. The molecule has 4 nitrogen and oxygen atoms in total. The van der Waals surface area contributed by atoms with Crippen LogP contribution < -0.4 is 0 Å². The minimum atomic E-state index is -0.604. The van der Waals surface area contributed by atoms with Crippen LogP contribution in [0.3, 0.4) is 0 Å². The van der Waals surface area contributed by atoms with Gasteiger partial charge in [-0.3, -0.25) is 4.79 Å². The number of benzene rings is 1. The first-order chi connectivity index (χ1) is 6.77. The van der Waals surface area contributed by atoms with E-state index in [0.29, 0.717) is 0 Å². The van der Waals surface area contributed by atoms with Gasteiger partial charge in [-0.05, 0) is 23.7 Å². The number of rotatable bonds is 2. The van der Waals surface area contributed by atoms with Gasteiger partial charge in [-0.25, -0.2) is 4.68 Å². The summed E-state index contributed by atoms with van der Waals surface area (Å²) in [5, 5.41) is 6.79. The Morgan fingerprint density at radius 2 is 2.00 bits per heavy atom. The van der Waals surface area contributed by atoms with Crippen molar-refractivity contribution in [3.8, 4) is 5.69 Å². The van der Waals surface area contributed by atoms with Gasteiger partial charge in [0.1, 0.15) is 0 Å². The van der Waals surface area contributed by atoms with Crippen molar-refractivity contribution in [2.75, 3.05) is 0 Å². The molecule has 70 valence electrons. The molecule has 14 heavy (non-hydrogen) atoms. The molecule has 0 unspecified atom stereocenters. The van der Waals surface area contributed by atoms with Gasteiger partial charge in [0.05, 0.1) is 11.9 Å². The maximum atomic E-state index is 10.7. The van der Waals surface area contributed by atoms with Gasteiger partial charge in [0.25, 0.3) is 5.24 Å². The summed E-state index contributed by atoms with van der Waals surface area (Å²) in [7, 11) is 0. The number of carbonyl (C=O) groups is 1. The first-order valence-corrected chi connectivity index (χ1v) is 4.33. The molecule has 0 bridgehead atoms. The Kier molecular flexibility index (Phi) is 2.28. The van der Waals surface area contributed by atoms with Crippen molar-refractivity contribution in [2.24, 2.45) is 0 Å². The van der Waals surface area contributed by atoms with Crippen molar-refractivity contribution < 1.29 is 4.79 Å². The number of para-hydroxylation sites is 1. The number of carbonyl (C=O) groups excluding carboxylic acids is 1. The summed E-state index contributed by atoms with van der Waals surface area (Å²) in [5.74, 6) is 0. The molecule has 5 heteroatoms. The number of halogens is 1. The quantitative estimate of drug-likeness (QED) is 0.704. The molecule has 0 aliphatic carbocycles. The van der Waals surface area contributed by atoms with Gasteiger partial charge < -0.3 is 0 Å². The Morgan fingerprint density at radius 3 is 2.57 bits per heavy atom. The highest BCUT2D eigenvalue weighted by Gasteiger charge is 2.07. The van der Waals surface area contributed by atoms with E-state index >= 15 is 0 Å². The minimum Gasteiger partial charge on any atom is -0.274 e. The number of hydrogen-bond acceptors (Lipinski definition) is 3. The highest BCUT2D eigenvalue weighted by Crippen LogP contribution is 2.06. The van der Waals surface area contributed by atoms with Crippen molar-refractivity contribution in [1.82, 2.24) is 15.0 Å². The van der Waals surface area contributed by atoms with Crippen LogP contribution in [0.1, 0.15) is 10.5 Å². The average molecular weight is 208 g/mol. The van der Waals surface area contributed by atoms with E-state index in [2.05, 4.69) is 10.3 Å². The van der Waals surface area contributed by atoms with E-state index in [4.69, 9.17) is 11.6 Å². The van der Waals surface area contributed by atoms with Crippen LogP contribution in [-0.4, -0.2) is 20.2 Å². The van der Waals surface area contributed by atoms with Crippen LogP contribution in [0.25, 0.3) is 5.69 Å². The number of hydrogen-bond donors (Lipinski definition) is 0. The maximum absolute atomic E-state index is 10.7. The molecule has 1 heterocycles. The normalized spacial score (nSPS) is 10.1. The molecule has 0 spiro atoms. The van der Waals surface area contributed by atoms with E-state index in [1.807, 2.05) is 30.3 Å². The predicted octanol–water partition coefficient (Wildman–Crippen LogP) is 1.65. The first kappa shape index (κ1) is 8.90. The molecule has 1 aromatic heterocycles. The Labute approximate surface area is 85.1 Å². The summed E-state index contributed by atoms with van der Waals surface area (Å²) in [6, 6.07) is 9.36. The van der Waals surface area contributed by atoms with Crippen molar-refractivity contribution in [2.45, 2.75) is 0 Å². The second kappa shape index (κ2) is 3.59. The van der Waals surface area contributed by atoms with E-state index in [-0.39, 0.29) is 5.69 Å². The summed E-state index contributed by atoms with van der Waals surface area (Å²) in [6.45, 7) is 0. The van der Waals surface area contributed by atoms with Crippen LogP contribution in [0.5, 0.6) is 0 Å². The fourth-order valence-corrected chi connectivity index (χ4v) is 1.15. The highest BCUT2D eigenvalue weighted by atomic mass is 35.5. The Morgan fingerprint density at radius 1 is 1.29 bits per heavy atom. The van der Waals surface area contributed by atoms with Gasteiger partial charge >= 0.3 is 0 Å². The monoisotopic (exact) mass is 207 g/mol. The van der Waals surface area contributed by atoms with Crippen LogP contribution >= 0.6 is 11.6 Å². The standard InChI is InChI=1S/C9H6ClN3O/c10-9(14)8-6-13(12-11-8)7-4-2-1-3-5-7/h1-6H. The summed E-state index contributed by atoms with van der Waals surface area (Å²) in [6.07, 6.45) is 1.49. The van der Waals surface area contributed by atoms with Crippen LogP contribution in [0.15, 0.2) is 36.5 Å². The second-order valence-corrected chi connectivity index (χ2v) is 3.00. The van der Waals surface area contributed by atoms with E-state index in [0.717, 1.165) is 5.69 Å². The van der Waals surface area contributed by atoms with Gasteiger partial charge in [0, 0.05) is 0 Å². The Hall–Kier alpha value is -1.68. The predicted molar refractivity (Wildman–Crippen MR) is 51.5 cm³/mol. The summed E-state index contributed by atoms with van der Waals surface area (Å²) in [4.78, 5) is 10.7. The highest BCUT2D eigenvalue weighted by molar-refractivity contribution is 6.67. The fourth-order valence-electron chi connectivity index (χ4n) is 1.06. The lowest BCUT2D eigenvalue weighted by Crippen LogP contribution is -1.93. The van der Waals surface area contributed by atoms with Crippen LogP contribution in [0.4, 0.5) is 0 Å². The third-order valence-electron chi connectivity index (χ3n) is 1.72. The summed E-state index contributed by atoms with van der Waals surface area (Å²) >= 11 is 5.25. The molecule has 0 saturated heterocycles. The zero-order valence-electron chi connectivity index (χ0n) is 7.09. The molecule has 0 fully saturated rings. The molecule has 0 radical (unpaired) electrons. The van der Waals surface area contributed by atoms with Crippen molar-refractivity contribution >= 4 is 16.8 Å². The van der Waals surface area contributed by atoms with E-state index in [1.54, 1.807) is 0 Å². The third-order valence-corrected chi connectivity index (χ3v) is 1.91. The first-order valence-electron chi connectivity index (χ1n) is 3.95. The number of aromatic nitrogens is 3. The lowest BCUT2D eigenvalue weighted by molar-refractivity contribution is 0.107. The average Bonchev–Trinajstić information content (AvgIpc) is 2.68. The molecule has 2 rings (SSSR count). The molecule has 0 aliphatic heterocycles. The summed E-state index contributed by atoms with van der Waals surface area (Å²) < 4.78 is 1.50. The molecule has 0 saturated carbocycles. The SMILES string of the molecule is O=C(Cl)c1cn(-c2ccccc2)nn1. The fraction of sp³-hybridized carbons (Fsp3) is 0. The lowest BCUT2D eigenvalue weighted by Gasteiger charge is -1.96. The van der Waals surface area contributed by atoms with Gasteiger partial charge in [-0.15, -0.1) is 5.10 Å². The van der Waals surface area contributed by atoms with Gasteiger partial charge in [0.15, 0.2) is 5.69 Å². The molecular weight excluding hydrogens is 202 g/mol. The molecule has 0 amide bonds. The lowest BCUT2D eigenvalue weighted by atomic mass is 10.3. The van der Waals surface area contributed by atoms with Gasteiger partial charge in [-0.1, -0.05) is 23.4 Å². The van der Waals surface area contributed by atoms with Crippen molar-refractivity contribution in [3.63, 3.8) is 0 Å². The Balaban J connectivity index is 2.39. The zero-order chi connectivity index (χ0) is 9.97.